The predicted octanol–water partition coefficient (Wildman–Crippen LogP) is 0.525. The second kappa shape index (κ2) is 5.49. The highest BCUT2D eigenvalue weighted by atomic mass is 16.5. The SMILES string of the molecule is CCOC(=O)CN(C(=O)C1(CN)CC1)C(C)C. The van der Waals surface area contributed by atoms with Gasteiger partial charge in [-0.15, -0.1) is 0 Å². The van der Waals surface area contributed by atoms with Gasteiger partial charge in [-0.3, -0.25) is 9.59 Å². The summed E-state index contributed by atoms with van der Waals surface area (Å²) in [7, 11) is 0. The molecule has 0 spiro atoms. The van der Waals surface area contributed by atoms with E-state index < -0.39 is 5.41 Å². The average molecular weight is 242 g/mol. The highest BCUT2D eigenvalue weighted by Gasteiger charge is 2.51. The molecular formula is C12H22N2O3. The minimum Gasteiger partial charge on any atom is -0.465 e. The van der Waals surface area contributed by atoms with Gasteiger partial charge in [0.2, 0.25) is 5.91 Å². The minimum atomic E-state index is -0.406. The van der Waals surface area contributed by atoms with Gasteiger partial charge in [-0.2, -0.15) is 0 Å². The van der Waals surface area contributed by atoms with E-state index in [4.69, 9.17) is 10.5 Å². The first-order valence-corrected chi connectivity index (χ1v) is 6.13. The molecule has 0 saturated heterocycles. The molecule has 2 N–H and O–H groups in total. The van der Waals surface area contributed by atoms with Crippen LogP contribution in [0.25, 0.3) is 0 Å². The van der Waals surface area contributed by atoms with Gasteiger partial charge in [0, 0.05) is 12.6 Å². The summed E-state index contributed by atoms with van der Waals surface area (Å²) >= 11 is 0. The minimum absolute atomic E-state index is 0.0111. The molecule has 1 amide bonds. The van der Waals surface area contributed by atoms with Crippen molar-refractivity contribution in [1.82, 2.24) is 4.90 Å². The lowest BCUT2D eigenvalue weighted by Gasteiger charge is -2.29. The molecule has 0 unspecified atom stereocenters. The van der Waals surface area contributed by atoms with Crippen LogP contribution in [0.2, 0.25) is 0 Å². The molecule has 0 atom stereocenters. The van der Waals surface area contributed by atoms with Crippen molar-refractivity contribution >= 4 is 11.9 Å². The number of carbonyl (C=O) groups excluding carboxylic acids is 2. The Balaban J connectivity index is 2.66. The third kappa shape index (κ3) is 3.19. The third-order valence-corrected chi connectivity index (χ3v) is 3.19. The first-order valence-electron chi connectivity index (χ1n) is 6.13. The zero-order chi connectivity index (χ0) is 13.1. The molecule has 0 bridgehead atoms. The van der Waals surface area contributed by atoms with Crippen molar-refractivity contribution in [2.45, 2.75) is 39.7 Å². The Morgan fingerprint density at radius 1 is 1.41 bits per heavy atom. The maximum atomic E-state index is 12.3. The standard InChI is InChI=1S/C12H22N2O3/c1-4-17-10(15)7-14(9(2)3)11(16)12(8-13)5-6-12/h9H,4-8,13H2,1-3H3. The molecule has 1 aliphatic carbocycles. The van der Waals surface area contributed by atoms with Crippen molar-refractivity contribution in [3.63, 3.8) is 0 Å². The Morgan fingerprint density at radius 2 is 2.00 bits per heavy atom. The quantitative estimate of drug-likeness (QED) is 0.689. The zero-order valence-corrected chi connectivity index (χ0v) is 10.9. The van der Waals surface area contributed by atoms with E-state index in [0.717, 1.165) is 12.8 Å². The fraction of sp³-hybridized carbons (Fsp3) is 0.833. The van der Waals surface area contributed by atoms with E-state index >= 15 is 0 Å². The summed E-state index contributed by atoms with van der Waals surface area (Å²) in [5.74, 6) is -0.370. The Hall–Kier alpha value is -1.10. The molecule has 5 nitrogen and oxygen atoms in total. The highest BCUT2D eigenvalue weighted by Crippen LogP contribution is 2.46. The normalized spacial score (nSPS) is 16.8. The molecule has 5 heteroatoms. The van der Waals surface area contributed by atoms with Gasteiger partial charge in [-0.1, -0.05) is 0 Å². The van der Waals surface area contributed by atoms with Crippen molar-refractivity contribution in [3.8, 4) is 0 Å². The largest absolute Gasteiger partial charge is 0.465 e. The summed E-state index contributed by atoms with van der Waals surface area (Å²) in [6.45, 7) is 6.25. The molecule has 0 aromatic heterocycles. The van der Waals surface area contributed by atoms with Crippen LogP contribution in [0.15, 0.2) is 0 Å². The number of amides is 1. The van der Waals surface area contributed by atoms with Crippen LogP contribution in [0.5, 0.6) is 0 Å². The van der Waals surface area contributed by atoms with E-state index in [-0.39, 0.29) is 24.5 Å². The van der Waals surface area contributed by atoms with Crippen LogP contribution in [-0.2, 0) is 14.3 Å². The molecule has 17 heavy (non-hydrogen) atoms. The number of nitrogens with zero attached hydrogens (tertiary/aromatic N) is 1. The van der Waals surface area contributed by atoms with Gasteiger partial charge >= 0.3 is 5.97 Å². The van der Waals surface area contributed by atoms with Gasteiger partial charge in [0.15, 0.2) is 0 Å². The van der Waals surface area contributed by atoms with Gasteiger partial charge in [-0.05, 0) is 33.6 Å². The first-order chi connectivity index (χ1) is 7.96. The van der Waals surface area contributed by atoms with Crippen LogP contribution < -0.4 is 5.73 Å². The summed E-state index contributed by atoms with van der Waals surface area (Å²) in [5.41, 5.74) is 5.23. The van der Waals surface area contributed by atoms with Crippen LogP contribution in [0.4, 0.5) is 0 Å². The summed E-state index contributed by atoms with van der Waals surface area (Å²) in [6, 6.07) is -0.0177. The molecule has 98 valence electrons. The lowest BCUT2D eigenvalue weighted by molar-refractivity contribution is -0.152. The number of hydrogen-bond acceptors (Lipinski definition) is 4. The number of ether oxygens (including phenoxy) is 1. The average Bonchev–Trinajstić information content (AvgIpc) is 3.06. The lowest BCUT2D eigenvalue weighted by atomic mass is 10.0. The molecule has 1 rings (SSSR count). The van der Waals surface area contributed by atoms with E-state index in [1.54, 1.807) is 11.8 Å². The fourth-order valence-corrected chi connectivity index (χ4v) is 1.80. The van der Waals surface area contributed by atoms with Crippen molar-refractivity contribution in [2.24, 2.45) is 11.1 Å². The van der Waals surface area contributed by atoms with Crippen molar-refractivity contribution in [2.75, 3.05) is 19.7 Å². The second-order valence-corrected chi connectivity index (χ2v) is 4.82. The van der Waals surface area contributed by atoms with Gasteiger partial charge in [0.25, 0.3) is 0 Å². The summed E-state index contributed by atoms with van der Waals surface area (Å²) in [6.07, 6.45) is 1.66. The topological polar surface area (TPSA) is 72.6 Å². The van der Waals surface area contributed by atoms with Crippen molar-refractivity contribution in [1.29, 1.82) is 0 Å². The second-order valence-electron chi connectivity index (χ2n) is 4.82. The van der Waals surface area contributed by atoms with Crippen LogP contribution >= 0.6 is 0 Å². The smallest absolute Gasteiger partial charge is 0.325 e. The number of hydrogen-bond donors (Lipinski definition) is 1. The molecule has 0 aromatic carbocycles. The van der Waals surface area contributed by atoms with Gasteiger partial charge in [0.05, 0.1) is 12.0 Å². The van der Waals surface area contributed by atoms with Crippen LogP contribution in [0.1, 0.15) is 33.6 Å². The zero-order valence-electron chi connectivity index (χ0n) is 10.9. The molecular weight excluding hydrogens is 220 g/mol. The first kappa shape index (κ1) is 14.0. The summed E-state index contributed by atoms with van der Waals surface area (Å²) < 4.78 is 4.88. The van der Waals surface area contributed by atoms with Crippen molar-refractivity contribution in [3.05, 3.63) is 0 Å². The fourth-order valence-electron chi connectivity index (χ4n) is 1.80. The number of esters is 1. The highest BCUT2D eigenvalue weighted by molar-refractivity contribution is 5.88. The molecule has 0 heterocycles. The monoisotopic (exact) mass is 242 g/mol. The third-order valence-electron chi connectivity index (χ3n) is 3.19. The molecule has 0 aliphatic heterocycles. The van der Waals surface area contributed by atoms with Crippen LogP contribution in [0, 0.1) is 5.41 Å². The van der Waals surface area contributed by atoms with Crippen LogP contribution in [-0.4, -0.2) is 42.5 Å². The number of rotatable bonds is 6. The Bertz CT molecular complexity index is 298. The predicted molar refractivity (Wildman–Crippen MR) is 64.2 cm³/mol. The Labute approximate surface area is 102 Å². The molecule has 0 radical (unpaired) electrons. The lowest BCUT2D eigenvalue weighted by Crippen LogP contribution is -2.47. The molecule has 1 saturated carbocycles. The van der Waals surface area contributed by atoms with Gasteiger partial charge in [0.1, 0.15) is 6.54 Å². The van der Waals surface area contributed by atoms with Crippen molar-refractivity contribution < 1.29 is 14.3 Å². The molecule has 0 aromatic rings. The van der Waals surface area contributed by atoms with E-state index in [2.05, 4.69) is 0 Å². The van der Waals surface area contributed by atoms with E-state index in [0.29, 0.717) is 13.2 Å². The summed E-state index contributed by atoms with van der Waals surface area (Å²) in [4.78, 5) is 25.3. The molecule has 1 aliphatic rings. The summed E-state index contributed by atoms with van der Waals surface area (Å²) in [5, 5.41) is 0. The number of nitrogens with two attached hydrogens (primary N) is 1. The molecule has 1 fully saturated rings. The van der Waals surface area contributed by atoms with Crippen LogP contribution in [0.3, 0.4) is 0 Å². The Morgan fingerprint density at radius 3 is 2.35 bits per heavy atom. The van der Waals surface area contributed by atoms with E-state index in [9.17, 15) is 9.59 Å². The van der Waals surface area contributed by atoms with E-state index in [1.165, 1.54) is 0 Å². The maximum absolute atomic E-state index is 12.3. The van der Waals surface area contributed by atoms with Gasteiger partial charge < -0.3 is 15.4 Å². The van der Waals surface area contributed by atoms with E-state index in [1.807, 2.05) is 13.8 Å². The van der Waals surface area contributed by atoms with Gasteiger partial charge in [-0.25, -0.2) is 0 Å². The maximum Gasteiger partial charge on any atom is 0.325 e. The number of carbonyl (C=O) groups is 2. The Kier molecular flexibility index (Phi) is 4.51.